The zero-order chi connectivity index (χ0) is 21.1. The number of amides is 2. The van der Waals surface area contributed by atoms with Crippen molar-refractivity contribution in [2.75, 3.05) is 6.54 Å². The number of hydrogen-bond donors (Lipinski definition) is 2. The maximum atomic E-state index is 13.0. The molecule has 2 N–H and O–H groups in total. The lowest BCUT2D eigenvalue weighted by molar-refractivity contribution is -0.385. The Hall–Kier alpha value is -2.97. The van der Waals surface area contributed by atoms with Gasteiger partial charge in [-0.15, -0.1) is 0 Å². The van der Waals surface area contributed by atoms with Crippen LogP contribution in [0, 0.1) is 17.0 Å². The van der Waals surface area contributed by atoms with E-state index in [0.29, 0.717) is 5.02 Å². The molecule has 8 nitrogen and oxygen atoms in total. The van der Waals surface area contributed by atoms with Gasteiger partial charge in [0.2, 0.25) is 5.91 Å². The lowest BCUT2D eigenvalue weighted by Gasteiger charge is -2.24. The first-order chi connectivity index (χ1) is 13.8. The normalized spacial score (nSPS) is 18.5. The minimum absolute atomic E-state index is 0.0139. The summed E-state index contributed by atoms with van der Waals surface area (Å²) < 4.78 is 0. The Labute approximate surface area is 172 Å². The number of benzene rings is 2. The molecule has 0 aliphatic carbocycles. The van der Waals surface area contributed by atoms with Crippen molar-refractivity contribution >= 4 is 29.1 Å². The summed E-state index contributed by atoms with van der Waals surface area (Å²) in [6.45, 7) is 1.73. The molecule has 1 heterocycles. The van der Waals surface area contributed by atoms with E-state index in [1.54, 1.807) is 24.3 Å². The predicted molar refractivity (Wildman–Crippen MR) is 107 cm³/mol. The van der Waals surface area contributed by atoms with Crippen molar-refractivity contribution in [1.82, 2.24) is 10.2 Å². The maximum Gasteiger partial charge on any atom is 0.273 e. The van der Waals surface area contributed by atoms with E-state index in [1.165, 1.54) is 30.0 Å². The number of nitro groups is 1. The molecule has 2 atom stereocenters. The summed E-state index contributed by atoms with van der Waals surface area (Å²) in [5.74, 6) is -0.915. The Morgan fingerprint density at radius 1 is 1.28 bits per heavy atom. The lowest BCUT2D eigenvalue weighted by Crippen LogP contribution is -2.46. The molecule has 1 aliphatic rings. The van der Waals surface area contributed by atoms with Gasteiger partial charge in [0.25, 0.3) is 11.6 Å². The van der Waals surface area contributed by atoms with Crippen molar-refractivity contribution in [3.63, 3.8) is 0 Å². The number of nitrogens with one attached hydrogen (secondary N) is 1. The molecule has 0 unspecified atom stereocenters. The quantitative estimate of drug-likeness (QED) is 0.573. The number of likely N-dealkylation sites (tertiary alicyclic amines) is 1. The number of nitrogens with zero attached hydrogens (tertiary/aromatic N) is 2. The molecule has 2 aromatic carbocycles. The number of aliphatic hydroxyl groups is 1. The second-order valence-corrected chi connectivity index (χ2v) is 7.35. The molecule has 152 valence electrons. The predicted octanol–water partition coefficient (Wildman–Crippen LogP) is 2.45. The Bertz CT molecular complexity index is 948. The van der Waals surface area contributed by atoms with Gasteiger partial charge >= 0.3 is 0 Å². The van der Waals surface area contributed by atoms with Crippen LogP contribution in [0.15, 0.2) is 42.5 Å². The van der Waals surface area contributed by atoms with Crippen LogP contribution in [0.4, 0.5) is 5.69 Å². The SMILES string of the molecule is Cc1c(C(=O)N2C[C@H](O)C[C@H]2C(=O)NCc2ccc(Cl)cc2)cccc1[N+](=O)[O-]. The highest BCUT2D eigenvalue weighted by Gasteiger charge is 2.39. The monoisotopic (exact) mass is 417 g/mol. The third-order valence-corrected chi connectivity index (χ3v) is 5.21. The number of hydrogen-bond acceptors (Lipinski definition) is 5. The standard InChI is InChI=1S/C20H20ClN3O5/c1-12-16(3-2-4-17(12)24(28)29)20(27)23-11-15(25)9-18(23)19(26)22-10-13-5-7-14(21)8-6-13/h2-8,15,18,25H,9-11H2,1H3,(H,22,26)/t15-,18+/m1/s1. The summed E-state index contributed by atoms with van der Waals surface area (Å²) in [5.41, 5.74) is 1.04. The van der Waals surface area contributed by atoms with E-state index in [1.807, 2.05) is 0 Å². The molecule has 0 saturated carbocycles. The van der Waals surface area contributed by atoms with Crippen molar-refractivity contribution < 1.29 is 19.6 Å². The van der Waals surface area contributed by atoms with Gasteiger partial charge in [0.15, 0.2) is 0 Å². The molecule has 0 bridgehead atoms. The first kappa shape index (κ1) is 20.8. The van der Waals surface area contributed by atoms with E-state index >= 15 is 0 Å². The smallest absolute Gasteiger partial charge is 0.273 e. The van der Waals surface area contributed by atoms with Crippen LogP contribution in [0.25, 0.3) is 0 Å². The summed E-state index contributed by atoms with van der Waals surface area (Å²) in [5, 5.41) is 24.5. The molecule has 0 radical (unpaired) electrons. The summed E-state index contributed by atoms with van der Waals surface area (Å²) in [6, 6.07) is 10.4. The molecule has 1 saturated heterocycles. The van der Waals surface area contributed by atoms with Gasteiger partial charge in [-0.1, -0.05) is 29.8 Å². The Morgan fingerprint density at radius 2 is 1.97 bits per heavy atom. The second-order valence-electron chi connectivity index (χ2n) is 6.91. The first-order valence-corrected chi connectivity index (χ1v) is 9.41. The Kier molecular flexibility index (Phi) is 6.14. The van der Waals surface area contributed by atoms with Crippen molar-refractivity contribution in [3.8, 4) is 0 Å². The molecule has 2 amide bonds. The van der Waals surface area contributed by atoms with Crippen molar-refractivity contribution in [3.05, 3.63) is 74.3 Å². The summed E-state index contributed by atoms with van der Waals surface area (Å²) >= 11 is 5.85. The van der Waals surface area contributed by atoms with E-state index in [-0.39, 0.29) is 36.3 Å². The van der Waals surface area contributed by atoms with Crippen LogP contribution in [-0.4, -0.2) is 45.4 Å². The molecular weight excluding hydrogens is 398 g/mol. The number of rotatable bonds is 5. The van der Waals surface area contributed by atoms with Gasteiger partial charge in [-0.2, -0.15) is 0 Å². The van der Waals surface area contributed by atoms with E-state index in [4.69, 9.17) is 11.6 Å². The number of nitro benzene ring substituents is 1. The zero-order valence-corrected chi connectivity index (χ0v) is 16.4. The number of carbonyl (C=O) groups is 2. The van der Waals surface area contributed by atoms with Crippen LogP contribution in [0.1, 0.15) is 27.9 Å². The fraction of sp³-hybridized carbons (Fsp3) is 0.300. The minimum Gasteiger partial charge on any atom is -0.391 e. The van der Waals surface area contributed by atoms with Gasteiger partial charge in [0.05, 0.1) is 11.0 Å². The summed E-state index contributed by atoms with van der Waals surface area (Å²) in [4.78, 5) is 37.6. The van der Waals surface area contributed by atoms with Gasteiger partial charge in [0, 0.05) is 41.7 Å². The maximum absolute atomic E-state index is 13.0. The second kappa shape index (κ2) is 8.59. The number of halogens is 1. The van der Waals surface area contributed by atoms with Gasteiger partial charge in [0.1, 0.15) is 6.04 Å². The summed E-state index contributed by atoms with van der Waals surface area (Å²) in [6.07, 6.45) is -0.740. The molecule has 1 aliphatic heterocycles. The molecule has 2 aromatic rings. The highest BCUT2D eigenvalue weighted by Crippen LogP contribution is 2.26. The topological polar surface area (TPSA) is 113 Å². The van der Waals surface area contributed by atoms with Crippen LogP contribution >= 0.6 is 11.6 Å². The van der Waals surface area contributed by atoms with E-state index in [2.05, 4.69) is 5.32 Å². The molecule has 29 heavy (non-hydrogen) atoms. The molecule has 3 rings (SSSR count). The van der Waals surface area contributed by atoms with Gasteiger partial charge in [-0.3, -0.25) is 19.7 Å². The van der Waals surface area contributed by atoms with E-state index in [9.17, 15) is 24.8 Å². The van der Waals surface area contributed by atoms with Crippen LogP contribution in [0.3, 0.4) is 0 Å². The fourth-order valence-electron chi connectivity index (χ4n) is 3.40. The van der Waals surface area contributed by atoms with Crippen LogP contribution in [0.2, 0.25) is 5.02 Å². The minimum atomic E-state index is -0.858. The molecule has 1 fully saturated rings. The Balaban J connectivity index is 1.76. The van der Waals surface area contributed by atoms with Gasteiger partial charge < -0.3 is 15.3 Å². The molecule has 0 spiro atoms. The lowest BCUT2D eigenvalue weighted by atomic mass is 10.0. The summed E-state index contributed by atoms with van der Waals surface area (Å²) in [7, 11) is 0. The van der Waals surface area contributed by atoms with E-state index < -0.39 is 28.9 Å². The molecule has 9 heteroatoms. The van der Waals surface area contributed by atoms with Crippen molar-refractivity contribution in [2.24, 2.45) is 0 Å². The third kappa shape index (κ3) is 4.55. The van der Waals surface area contributed by atoms with Crippen molar-refractivity contribution in [2.45, 2.75) is 32.0 Å². The highest BCUT2D eigenvalue weighted by atomic mass is 35.5. The number of aliphatic hydroxyl groups excluding tert-OH is 1. The number of carbonyl (C=O) groups excluding carboxylic acids is 2. The van der Waals surface area contributed by atoms with Crippen LogP contribution in [0.5, 0.6) is 0 Å². The largest absolute Gasteiger partial charge is 0.391 e. The zero-order valence-electron chi connectivity index (χ0n) is 15.7. The van der Waals surface area contributed by atoms with Gasteiger partial charge in [-0.05, 0) is 30.7 Å². The fourth-order valence-corrected chi connectivity index (χ4v) is 3.53. The average Bonchev–Trinajstić information content (AvgIpc) is 3.08. The van der Waals surface area contributed by atoms with Crippen molar-refractivity contribution in [1.29, 1.82) is 0 Å². The van der Waals surface area contributed by atoms with Crippen LogP contribution < -0.4 is 5.32 Å². The average molecular weight is 418 g/mol. The third-order valence-electron chi connectivity index (χ3n) is 4.95. The first-order valence-electron chi connectivity index (χ1n) is 9.03. The van der Waals surface area contributed by atoms with Crippen LogP contribution in [-0.2, 0) is 11.3 Å². The number of β-amino-alcohol motifs (C(OH)–C–C–N with tert-alkyl or cyclic N) is 1. The molecule has 0 aromatic heterocycles. The van der Waals surface area contributed by atoms with E-state index in [0.717, 1.165) is 5.56 Å². The highest BCUT2D eigenvalue weighted by molar-refractivity contribution is 6.30. The van der Waals surface area contributed by atoms with Gasteiger partial charge in [-0.25, -0.2) is 0 Å². The Morgan fingerprint density at radius 3 is 2.62 bits per heavy atom. The molecular formula is C20H20ClN3O5.